The summed E-state index contributed by atoms with van der Waals surface area (Å²) in [4.78, 5) is 10.9. The molecule has 0 spiro atoms. The van der Waals surface area contributed by atoms with Gasteiger partial charge in [-0.1, -0.05) is 0 Å². The van der Waals surface area contributed by atoms with Crippen LogP contribution in [0.2, 0.25) is 0 Å². The molecule has 0 aliphatic rings. The molecule has 0 saturated carbocycles. The highest BCUT2D eigenvalue weighted by molar-refractivity contribution is 9.10. The van der Waals surface area contributed by atoms with Crippen molar-refractivity contribution in [1.82, 2.24) is 9.97 Å². The van der Waals surface area contributed by atoms with E-state index in [0.717, 1.165) is 33.4 Å². The number of nitrogens with zero attached hydrogens (tertiary/aromatic N) is 3. The topological polar surface area (TPSA) is 29.0 Å². The van der Waals surface area contributed by atoms with Crippen molar-refractivity contribution in [3.8, 4) is 0 Å². The molecule has 0 aliphatic heterocycles. The normalized spacial score (nSPS) is 10.8. The molecule has 106 valence electrons. The lowest BCUT2D eigenvalue weighted by Crippen LogP contribution is -2.16. The minimum atomic E-state index is -0.239. The first-order valence-electron chi connectivity index (χ1n) is 6.62. The smallest absolute Gasteiger partial charge is 0.123 e. The summed E-state index contributed by atoms with van der Waals surface area (Å²) in [5.41, 5.74) is 3.53. The van der Waals surface area contributed by atoms with Crippen LogP contribution in [0.3, 0.4) is 0 Å². The van der Waals surface area contributed by atoms with E-state index < -0.39 is 0 Å². The predicted molar refractivity (Wildman–Crippen MR) is 86.3 cm³/mol. The van der Waals surface area contributed by atoms with Gasteiger partial charge in [-0.2, -0.15) is 0 Å². The average Bonchev–Trinajstić information content (AvgIpc) is 2.49. The van der Waals surface area contributed by atoms with Gasteiger partial charge in [-0.15, -0.1) is 0 Å². The van der Waals surface area contributed by atoms with Gasteiger partial charge in [-0.3, -0.25) is 9.97 Å². The van der Waals surface area contributed by atoms with E-state index in [0.29, 0.717) is 0 Å². The molecule has 1 aromatic carbocycles. The lowest BCUT2D eigenvalue weighted by Gasteiger charge is -2.24. The third-order valence-electron chi connectivity index (χ3n) is 3.27. The third kappa shape index (κ3) is 2.74. The lowest BCUT2D eigenvalue weighted by molar-refractivity contribution is 0.628. The van der Waals surface area contributed by atoms with E-state index in [9.17, 15) is 4.39 Å². The van der Waals surface area contributed by atoms with Crippen molar-refractivity contribution in [2.45, 2.75) is 6.92 Å². The van der Waals surface area contributed by atoms with Crippen molar-refractivity contribution in [3.63, 3.8) is 0 Å². The number of aromatic nitrogens is 2. The van der Waals surface area contributed by atoms with Gasteiger partial charge >= 0.3 is 0 Å². The van der Waals surface area contributed by atoms with Crippen molar-refractivity contribution in [3.05, 3.63) is 59.1 Å². The first-order chi connectivity index (χ1) is 10.2. The molecule has 21 heavy (non-hydrogen) atoms. The molecule has 0 unspecified atom stereocenters. The number of benzene rings is 1. The highest BCUT2D eigenvalue weighted by Crippen LogP contribution is 2.30. The SMILES string of the molecule is CCN(c1ccc(F)cc1)c1ccnc2cc(Br)cnc12. The quantitative estimate of drug-likeness (QED) is 0.689. The molecule has 3 rings (SSSR count). The molecule has 0 atom stereocenters. The zero-order chi connectivity index (χ0) is 14.8. The fraction of sp³-hybridized carbons (Fsp3) is 0.125. The monoisotopic (exact) mass is 345 g/mol. The Kier molecular flexibility index (Phi) is 3.84. The predicted octanol–water partition coefficient (Wildman–Crippen LogP) is 4.69. The number of hydrogen-bond acceptors (Lipinski definition) is 3. The van der Waals surface area contributed by atoms with Crippen molar-refractivity contribution >= 4 is 38.3 Å². The Morgan fingerprint density at radius 3 is 2.62 bits per heavy atom. The summed E-state index contributed by atoms with van der Waals surface area (Å²) in [6, 6.07) is 10.3. The molecular formula is C16H13BrFN3. The highest BCUT2D eigenvalue weighted by atomic mass is 79.9. The molecule has 2 aromatic heterocycles. The summed E-state index contributed by atoms with van der Waals surface area (Å²) in [6.07, 6.45) is 3.52. The maximum Gasteiger partial charge on any atom is 0.123 e. The number of halogens is 2. The van der Waals surface area contributed by atoms with Crippen molar-refractivity contribution in [1.29, 1.82) is 0 Å². The summed E-state index contributed by atoms with van der Waals surface area (Å²) < 4.78 is 14.0. The van der Waals surface area contributed by atoms with Crippen LogP contribution in [-0.2, 0) is 0 Å². The van der Waals surface area contributed by atoms with E-state index in [1.54, 1.807) is 24.5 Å². The number of pyridine rings is 2. The van der Waals surface area contributed by atoms with Crippen LogP contribution in [0.4, 0.5) is 15.8 Å². The average molecular weight is 346 g/mol. The third-order valence-corrected chi connectivity index (χ3v) is 3.70. The first kappa shape index (κ1) is 13.9. The van der Waals surface area contributed by atoms with Gasteiger partial charge < -0.3 is 4.90 Å². The van der Waals surface area contributed by atoms with Gasteiger partial charge in [0.1, 0.15) is 11.3 Å². The van der Waals surface area contributed by atoms with Crippen molar-refractivity contribution in [2.75, 3.05) is 11.4 Å². The van der Waals surface area contributed by atoms with Crippen LogP contribution in [0.1, 0.15) is 6.92 Å². The van der Waals surface area contributed by atoms with Gasteiger partial charge in [0.15, 0.2) is 0 Å². The van der Waals surface area contributed by atoms with Crippen LogP contribution < -0.4 is 4.90 Å². The van der Waals surface area contributed by atoms with Gasteiger partial charge in [-0.25, -0.2) is 4.39 Å². The second kappa shape index (κ2) is 5.77. The van der Waals surface area contributed by atoms with E-state index >= 15 is 0 Å². The molecule has 3 aromatic rings. The molecule has 0 bridgehead atoms. The van der Waals surface area contributed by atoms with Gasteiger partial charge in [0, 0.05) is 29.1 Å². The number of fused-ring (bicyclic) bond motifs is 1. The largest absolute Gasteiger partial charge is 0.340 e. The fourth-order valence-corrected chi connectivity index (χ4v) is 2.64. The lowest BCUT2D eigenvalue weighted by atomic mass is 10.2. The second-order valence-corrected chi connectivity index (χ2v) is 5.49. The first-order valence-corrected chi connectivity index (χ1v) is 7.41. The summed E-state index contributed by atoms with van der Waals surface area (Å²) in [5, 5.41) is 0. The Bertz CT molecular complexity index is 774. The minimum absolute atomic E-state index is 0.239. The Morgan fingerprint density at radius 1 is 1.14 bits per heavy atom. The van der Waals surface area contributed by atoms with Gasteiger partial charge in [0.2, 0.25) is 0 Å². The van der Waals surface area contributed by atoms with E-state index in [1.165, 1.54) is 12.1 Å². The van der Waals surface area contributed by atoms with Crippen LogP contribution in [0.5, 0.6) is 0 Å². The Balaban J connectivity index is 2.15. The van der Waals surface area contributed by atoms with Crippen LogP contribution in [0.15, 0.2) is 53.3 Å². The van der Waals surface area contributed by atoms with E-state index in [-0.39, 0.29) is 5.82 Å². The maximum absolute atomic E-state index is 13.1. The van der Waals surface area contributed by atoms with Crippen LogP contribution in [0.25, 0.3) is 11.0 Å². The van der Waals surface area contributed by atoms with Gasteiger partial charge in [0.05, 0.1) is 11.2 Å². The summed E-state index contributed by atoms with van der Waals surface area (Å²) in [6.45, 7) is 2.80. The molecule has 0 saturated heterocycles. The molecule has 0 aliphatic carbocycles. The van der Waals surface area contributed by atoms with Gasteiger partial charge in [-0.05, 0) is 59.3 Å². The van der Waals surface area contributed by atoms with Crippen LogP contribution in [0, 0.1) is 5.82 Å². The number of hydrogen-bond donors (Lipinski definition) is 0. The zero-order valence-electron chi connectivity index (χ0n) is 11.4. The fourth-order valence-electron chi connectivity index (χ4n) is 2.32. The molecule has 0 radical (unpaired) electrons. The Labute approximate surface area is 130 Å². The van der Waals surface area contributed by atoms with E-state index in [4.69, 9.17) is 0 Å². The number of rotatable bonds is 3. The standard InChI is InChI=1S/C16H13BrFN3/c1-2-21(13-5-3-12(18)4-6-13)15-7-8-19-14-9-11(17)10-20-16(14)15/h3-10H,2H2,1H3. The molecule has 0 N–H and O–H groups in total. The molecular weight excluding hydrogens is 333 g/mol. The molecule has 0 fully saturated rings. The van der Waals surface area contributed by atoms with E-state index in [2.05, 4.69) is 37.7 Å². The van der Waals surface area contributed by atoms with Crippen molar-refractivity contribution < 1.29 is 4.39 Å². The summed E-state index contributed by atoms with van der Waals surface area (Å²) >= 11 is 3.41. The summed E-state index contributed by atoms with van der Waals surface area (Å²) in [5.74, 6) is -0.239. The molecule has 0 amide bonds. The molecule has 5 heteroatoms. The van der Waals surface area contributed by atoms with Crippen LogP contribution >= 0.6 is 15.9 Å². The van der Waals surface area contributed by atoms with Crippen LogP contribution in [-0.4, -0.2) is 16.5 Å². The summed E-state index contributed by atoms with van der Waals surface area (Å²) in [7, 11) is 0. The van der Waals surface area contributed by atoms with Crippen molar-refractivity contribution in [2.24, 2.45) is 0 Å². The zero-order valence-corrected chi connectivity index (χ0v) is 13.0. The molecule has 2 heterocycles. The molecule has 3 nitrogen and oxygen atoms in total. The Hall–Kier alpha value is -2.01. The second-order valence-electron chi connectivity index (χ2n) is 4.57. The highest BCUT2D eigenvalue weighted by Gasteiger charge is 2.12. The van der Waals surface area contributed by atoms with Gasteiger partial charge in [0.25, 0.3) is 0 Å². The van der Waals surface area contributed by atoms with E-state index in [1.807, 2.05) is 12.1 Å². The Morgan fingerprint density at radius 2 is 1.90 bits per heavy atom. The minimum Gasteiger partial charge on any atom is -0.340 e. The maximum atomic E-state index is 13.1. The number of anilines is 2.